The quantitative estimate of drug-likeness (QED) is 0.767. The number of carbonyl (C=O) groups excluding carboxylic acids is 3. The fourth-order valence-corrected chi connectivity index (χ4v) is 3.01. The summed E-state index contributed by atoms with van der Waals surface area (Å²) in [7, 11) is 0. The van der Waals surface area contributed by atoms with Gasteiger partial charge in [-0.1, -0.05) is 11.6 Å². The Balaban J connectivity index is 1.81. The van der Waals surface area contributed by atoms with Crippen molar-refractivity contribution in [2.75, 3.05) is 11.4 Å². The van der Waals surface area contributed by atoms with Crippen LogP contribution >= 0.6 is 11.6 Å². The molecule has 0 unspecified atom stereocenters. The minimum atomic E-state index is -1.08. The zero-order valence-corrected chi connectivity index (χ0v) is 16.3. The van der Waals surface area contributed by atoms with Gasteiger partial charge < -0.3 is 15.0 Å². The number of urea groups is 1. The first-order valence-corrected chi connectivity index (χ1v) is 9.15. The lowest BCUT2D eigenvalue weighted by atomic mass is 10.2. The van der Waals surface area contributed by atoms with E-state index in [0.717, 1.165) is 17.0 Å². The molecule has 2 aliphatic rings. The molecule has 1 atom stereocenters. The van der Waals surface area contributed by atoms with E-state index in [1.807, 2.05) is 0 Å². The largest absolute Gasteiger partial charge is 0.443 e. The molecule has 1 saturated carbocycles. The first kappa shape index (κ1) is 20.3. The molecule has 2 fully saturated rings. The molecule has 7 nitrogen and oxygen atoms in total. The molecule has 1 N–H and O–H groups in total. The van der Waals surface area contributed by atoms with E-state index in [9.17, 15) is 23.2 Å². The van der Waals surface area contributed by atoms with Gasteiger partial charge in [0.1, 0.15) is 22.5 Å². The van der Waals surface area contributed by atoms with E-state index in [2.05, 4.69) is 5.32 Å². The molecule has 152 valence electrons. The highest BCUT2D eigenvalue weighted by atomic mass is 35.5. The van der Waals surface area contributed by atoms with E-state index in [-0.39, 0.29) is 18.3 Å². The minimum absolute atomic E-state index is 0.163. The SMILES string of the molecule is CC(C)(C)OC(=O)N1C[C@@H](C(=O)N(c2ccc(F)c(Cl)c2F)C2CC2)NC1=O. The Bertz CT molecular complexity index is 839. The van der Waals surface area contributed by atoms with Crippen molar-refractivity contribution in [3.63, 3.8) is 0 Å². The predicted octanol–water partition coefficient (Wildman–Crippen LogP) is 3.44. The molecule has 0 spiro atoms. The third kappa shape index (κ3) is 4.04. The van der Waals surface area contributed by atoms with Crippen LogP contribution in [0.2, 0.25) is 5.02 Å². The van der Waals surface area contributed by atoms with Crippen molar-refractivity contribution in [1.82, 2.24) is 10.2 Å². The summed E-state index contributed by atoms with van der Waals surface area (Å²) in [5.41, 5.74) is -0.975. The maximum Gasteiger partial charge on any atom is 0.418 e. The van der Waals surface area contributed by atoms with Gasteiger partial charge in [0.05, 0.1) is 12.2 Å². The zero-order chi connectivity index (χ0) is 20.8. The molecule has 1 saturated heterocycles. The van der Waals surface area contributed by atoms with E-state index in [0.29, 0.717) is 12.8 Å². The fraction of sp³-hybridized carbons (Fsp3) is 0.500. The van der Waals surface area contributed by atoms with Gasteiger partial charge in [-0.05, 0) is 45.7 Å². The van der Waals surface area contributed by atoms with Crippen molar-refractivity contribution in [2.24, 2.45) is 0 Å². The third-order valence-corrected chi connectivity index (χ3v) is 4.59. The summed E-state index contributed by atoms with van der Waals surface area (Å²) in [6.45, 7) is 4.69. The number of carbonyl (C=O) groups is 3. The van der Waals surface area contributed by atoms with Gasteiger partial charge in [0.2, 0.25) is 0 Å². The summed E-state index contributed by atoms with van der Waals surface area (Å²) in [5, 5.41) is 1.71. The zero-order valence-electron chi connectivity index (χ0n) is 15.6. The van der Waals surface area contributed by atoms with E-state index in [1.165, 1.54) is 4.90 Å². The Labute approximate surface area is 165 Å². The highest BCUT2D eigenvalue weighted by Gasteiger charge is 2.45. The molecule has 10 heteroatoms. The summed E-state index contributed by atoms with van der Waals surface area (Å²) in [5.74, 6) is -2.59. The summed E-state index contributed by atoms with van der Waals surface area (Å²) < 4.78 is 33.1. The van der Waals surface area contributed by atoms with E-state index < -0.39 is 46.3 Å². The smallest absolute Gasteiger partial charge is 0.418 e. The molecule has 1 aliphatic heterocycles. The molecule has 0 radical (unpaired) electrons. The normalized spacial score (nSPS) is 19.4. The van der Waals surface area contributed by atoms with Crippen LogP contribution in [0.1, 0.15) is 33.6 Å². The Hall–Kier alpha value is -2.42. The van der Waals surface area contributed by atoms with Crippen LogP contribution in [0.25, 0.3) is 0 Å². The van der Waals surface area contributed by atoms with Gasteiger partial charge in [-0.3, -0.25) is 4.79 Å². The number of nitrogens with zero attached hydrogens (tertiary/aromatic N) is 2. The van der Waals surface area contributed by atoms with Crippen molar-refractivity contribution in [3.8, 4) is 0 Å². The molecular formula is C18H20ClF2N3O4. The Morgan fingerprint density at radius 2 is 1.93 bits per heavy atom. The minimum Gasteiger partial charge on any atom is -0.443 e. The number of amides is 4. The van der Waals surface area contributed by atoms with Crippen molar-refractivity contribution >= 4 is 35.3 Å². The maximum absolute atomic E-state index is 14.5. The average Bonchev–Trinajstić information content (AvgIpc) is 3.34. The van der Waals surface area contributed by atoms with Gasteiger partial charge in [0.25, 0.3) is 5.91 Å². The second-order valence-electron chi connectivity index (χ2n) is 7.73. The fourth-order valence-electron chi connectivity index (χ4n) is 2.85. The number of nitrogens with one attached hydrogen (secondary N) is 1. The number of halogens is 3. The number of benzene rings is 1. The molecule has 0 bridgehead atoms. The Morgan fingerprint density at radius 1 is 1.29 bits per heavy atom. The summed E-state index contributed by atoms with van der Waals surface area (Å²) in [6.07, 6.45) is 0.391. The number of hydrogen-bond acceptors (Lipinski definition) is 4. The van der Waals surface area contributed by atoms with Gasteiger partial charge in [0, 0.05) is 6.04 Å². The molecule has 3 rings (SSSR count). The van der Waals surface area contributed by atoms with Gasteiger partial charge in [-0.15, -0.1) is 0 Å². The molecule has 4 amide bonds. The molecule has 28 heavy (non-hydrogen) atoms. The van der Waals surface area contributed by atoms with E-state index >= 15 is 0 Å². The van der Waals surface area contributed by atoms with Crippen LogP contribution in [0, 0.1) is 11.6 Å². The van der Waals surface area contributed by atoms with Crippen molar-refractivity contribution in [1.29, 1.82) is 0 Å². The lowest BCUT2D eigenvalue weighted by Crippen LogP contribution is -2.47. The number of anilines is 1. The van der Waals surface area contributed by atoms with Crippen molar-refractivity contribution in [2.45, 2.75) is 51.3 Å². The lowest BCUT2D eigenvalue weighted by Gasteiger charge is -2.26. The average molecular weight is 416 g/mol. The summed E-state index contributed by atoms with van der Waals surface area (Å²) >= 11 is 5.64. The molecule has 1 aliphatic carbocycles. The maximum atomic E-state index is 14.5. The summed E-state index contributed by atoms with van der Waals surface area (Å²) in [6, 6.07) is -0.0282. The van der Waals surface area contributed by atoms with Gasteiger partial charge in [-0.2, -0.15) is 0 Å². The first-order valence-electron chi connectivity index (χ1n) is 8.77. The van der Waals surface area contributed by atoms with E-state index in [4.69, 9.17) is 16.3 Å². The predicted molar refractivity (Wildman–Crippen MR) is 97.1 cm³/mol. The van der Waals surface area contributed by atoms with Crippen LogP contribution in [-0.2, 0) is 9.53 Å². The summed E-state index contributed by atoms with van der Waals surface area (Å²) in [4.78, 5) is 39.2. The van der Waals surface area contributed by atoms with Gasteiger partial charge >= 0.3 is 12.1 Å². The number of rotatable bonds is 3. The Morgan fingerprint density at radius 3 is 2.50 bits per heavy atom. The van der Waals surface area contributed by atoms with Crippen LogP contribution in [-0.4, -0.2) is 47.2 Å². The monoisotopic (exact) mass is 415 g/mol. The van der Waals surface area contributed by atoms with Crippen LogP contribution in [0.3, 0.4) is 0 Å². The van der Waals surface area contributed by atoms with Gasteiger partial charge in [-0.25, -0.2) is 23.3 Å². The lowest BCUT2D eigenvalue weighted by molar-refractivity contribution is -0.120. The van der Waals surface area contributed by atoms with Crippen LogP contribution in [0.4, 0.5) is 24.1 Å². The Kier molecular flexibility index (Phi) is 5.22. The standard InChI is InChI=1S/C18H20ClF2N3O4/c1-18(2,3)28-17(27)23-8-11(22-16(23)26)15(25)24(9-4-5-9)12-7-6-10(20)13(19)14(12)21/h6-7,9,11H,4-5,8H2,1-3H3,(H,22,26)/t11-/m0/s1. The molecular weight excluding hydrogens is 396 g/mol. The number of imide groups is 1. The van der Waals surface area contributed by atoms with Crippen LogP contribution in [0.15, 0.2) is 12.1 Å². The number of hydrogen-bond donors (Lipinski definition) is 1. The molecule has 1 aromatic rings. The molecule has 0 aromatic heterocycles. The molecule has 1 aromatic carbocycles. The first-order chi connectivity index (χ1) is 13.0. The van der Waals surface area contributed by atoms with E-state index in [1.54, 1.807) is 20.8 Å². The highest BCUT2D eigenvalue weighted by molar-refractivity contribution is 6.31. The third-order valence-electron chi connectivity index (χ3n) is 4.24. The second-order valence-corrected chi connectivity index (χ2v) is 8.10. The van der Waals surface area contributed by atoms with Crippen molar-refractivity contribution < 1.29 is 27.9 Å². The topological polar surface area (TPSA) is 79.0 Å². The highest BCUT2D eigenvalue weighted by Crippen LogP contribution is 2.36. The van der Waals surface area contributed by atoms with Crippen LogP contribution < -0.4 is 10.2 Å². The van der Waals surface area contributed by atoms with Gasteiger partial charge in [0.15, 0.2) is 5.82 Å². The number of ether oxygens (including phenoxy) is 1. The second kappa shape index (κ2) is 7.20. The van der Waals surface area contributed by atoms with Crippen LogP contribution in [0.5, 0.6) is 0 Å². The van der Waals surface area contributed by atoms with Crippen molar-refractivity contribution in [3.05, 3.63) is 28.8 Å². The molecule has 1 heterocycles.